The van der Waals surface area contributed by atoms with Crippen LogP contribution in [0, 0.1) is 0 Å². The first kappa shape index (κ1) is 13.7. The smallest absolute Gasteiger partial charge is 0.0465 e. The van der Waals surface area contributed by atoms with Crippen molar-refractivity contribution in [3.8, 4) is 0 Å². The van der Waals surface area contributed by atoms with Gasteiger partial charge in [-0.3, -0.25) is 0 Å². The van der Waals surface area contributed by atoms with Gasteiger partial charge in [0.25, 0.3) is 0 Å². The number of rotatable bonds is 4. The first-order chi connectivity index (χ1) is 8.66. The van der Waals surface area contributed by atoms with E-state index in [0.717, 1.165) is 16.1 Å². The Balaban J connectivity index is 1.95. The molecule has 0 spiro atoms. The van der Waals surface area contributed by atoms with Crippen LogP contribution in [0.5, 0.6) is 0 Å². The number of hydrogen-bond acceptors (Lipinski definition) is 1. The average Bonchev–Trinajstić information content (AvgIpc) is 2.34. The minimum Gasteiger partial charge on any atom is -0.309 e. The van der Waals surface area contributed by atoms with Crippen molar-refractivity contribution < 1.29 is 0 Å². The van der Waals surface area contributed by atoms with Gasteiger partial charge in [-0.05, 0) is 29.3 Å². The van der Waals surface area contributed by atoms with E-state index in [9.17, 15) is 0 Å². The Morgan fingerprint density at radius 2 is 1.44 bits per heavy atom. The molecule has 2 rings (SSSR count). The summed E-state index contributed by atoms with van der Waals surface area (Å²) < 4.78 is 0. The molecule has 0 saturated heterocycles. The van der Waals surface area contributed by atoms with Gasteiger partial charge in [-0.1, -0.05) is 59.1 Å². The molecule has 0 saturated carbocycles. The van der Waals surface area contributed by atoms with Gasteiger partial charge in [-0.25, -0.2) is 0 Å². The summed E-state index contributed by atoms with van der Waals surface area (Å²) in [5.41, 5.74) is 2.09. The Morgan fingerprint density at radius 3 is 2.11 bits per heavy atom. The highest BCUT2D eigenvalue weighted by molar-refractivity contribution is 6.35. The molecule has 18 heavy (non-hydrogen) atoms. The quantitative estimate of drug-likeness (QED) is 0.843. The van der Waals surface area contributed by atoms with Crippen molar-refractivity contribution in [2.24, 2.45) is 0 Å². The van der Waals surface area contributed by atoms with E-state index < -0.39 is 0 Å². The Bertz CT molecular complexity index is 540. The Morgan fingerprint density at radius 1 is 0.778 bits per heavy atom. The molecular weight excluding hydrogens is 289 g/mol. The predicted octanol–water partition coefficient (Wildman–Crippen LogP) is 4.94. The molecule has 0 radical (unpaired) electrons. The lowest BCUT2D eigenvalue weighted by Crippen LogP contribution is -2.13. The van der Waals surface area contributed by atoms with E-state index in [1.807, 2.05) is 36.4 Å². The van der Waals surface area contributed by atoms with Crippen LogP contribution in [0.15, 0.2) is 42.5 Å². The van der Waals surface area contributed by atoms with Crippen LogP contribution in [0.2, 0.25) is 15.1 Å². The van der Waals surface area contributed by atoms with E-state index in [1.165, 1.54) is 0 Å². The minimum atomic E-state index is 0.648. The lowest BCUT2D eigenvalue weighted by atomic mass is 10.2. The monoisotopic (exact) mass is 299 g/mol. The zero-order chi connectivity index (χ0) is 13.0. The predicted molar refractivity (Wildman–Crippen MR) is 78.5 cm³/mol. The molecule has 0 bridgehead atoms. The van der Waals surface area contributed by atoms with Crippen molar-refractivity contribution in [2.45, 2.75) is 13.1 Å². The number of halogens is 3. The van der Waals surface area contributed by atoms with E-state index in [0.29, 0.717) is 23.1 Å². The molecule has 0 aliphatic rings. The summed E-state index contributed by atoms with van der Waals surface area (Å²) in [6.45, 7) is 1.39. The van der Waals surface area contributed by atoms with Crippen LogP contribution in [0.1, 0.15) is 11.1 Å². The highest BCUT2D eigenvalue weighted by Crippen LogP contribution is 2.21. The van der Waals surface area contributed by atoms with Crippen molar-refractivity contribution >= 4 is 34.8 Å². The van der Waals surface area contributed by atoms with E-state index >= 15 is 0 Å². The van der Waals surface area contributed by atoms with E-state index in [-0.39, 0.29) is 0 Å². The van der Waals surface area contributed by atoms with E-state index in [2.05, 4.69) is 5.32 Å². The molecule has 94 valence electrons. The molecule has 0 fully saturated rings. The van der Waals surface area contributed by atoms with Crippen molar-refractivity contribution in [1.82, 2.24) is 5.32 Å². The van der Waals surface area contributed by atoms with Gasteiger partial charge in [0.2, 0.25) is 0 Å². The Hall–Kier alpha value is -0.730. The van der Waals surface area contributed by atoms with Crippen LogP contribution < -0.4 is 5.32 Å². The number of nitrogens with one attached hydrogen (secondary N) is 1. The average molecular weight is 301 g/mol. The molecule has 0 aliphatic carbocycles. The first-order valence-electron chi connectivity index (χ1n) is 5.55. The third-order valence-corrected chi connectivity index (χ3v) is 3.56. The van der Waals surface area contributed by atoms with Gasteiger partial charge in [-0.2, -0.15) is 0 Å². The van der Waals surface area contributed by atoms with Gasteiger partial charge in [-0.15, -0.1) is 0 Å². The summed E-state index contributed by atoms with van der Waals surface area (Å²) in [6, 6.07) is 13.3. The molecule has 0 aliphatic heterocycles. The van der Waals surface area contributed by atoms with Crippen LogP contribution in [0.3, 0.4) is 0 Å². The molecule has 0 aromatic heterocycles. The fraction of sp³-hybridized carbons (Fsp3) is 0.143. The maximum atomic E-state index is 6.09. The molecule has 1 nitrogen and oxygen atoms in total. The molecule has 0 heterocycles. The number of hydrogen-bond donors (Lipinski definition) is 1. The third-order valence-electron chi connectivity index (χ3n) is 2.60. The van der Waals surface area contributed by atoms with Gasteiger partial charge >= 0.3 is 0 Å². The largest absolute Gasteiger partial charge is 0.309 e. The van der Waals surface area contributed by atoms with E-state index in [1.54, 1.807) is 6.07 Å². The van der Waals surface area contributed by atoms with Crippen LogP contribution in [0.4, 0.5) is 0 Å². The Kier molecular flexibility index (Phi) is 4.90. The molecule has 2 aromatic carbocycles. The molecule has 0 amide bonds. The molecule has 2 aromatic rings. The van der Waals surface area contributed by atoms with Crippen LogP contribution in [-0.4, -0.2) is 0 Å². The second-order valence-electron chi connectivity index (χ2n) is 3.93. The minimum absolute atomic E-state index is 0.648. The van der Waals surface area contributed by atoms with Crippen molar-refractivity contribution in [1.29, 1.82) is 0 Å². The number of benzene rings is 2. The molecule has 0 atom stereocenters. The molecule has 0 unspecified atom stereocenters. The van der Waals surface area contributed by atoms with Crippen molar-refractivity contribution in [3.05, 3.63) is 68.7 Å². The van der Waals surface area contributed by atoms with Crippen LogP contribution >= 0.6 is 34.8 Å². The normalized spacial score (nSPS) is 10.6. The summed E-state index contributed by atoms with van der Waals surface area (Å²) in [7, 11) is 0. The van der Waals surface area contributed by atoms with Crippen LogP contribution in [0.25, 0.3) is 0 Å². The highest BCUT2D eigenvalue weighted by atomic mass is 35.5. The standard InChI is InChI=1S/C14H12Cl3N/c15-12-6-5-11(14(17)7-12)9-18-8-10-3-1-2-4-13(10)16/h1-7,18H,8-9H2. The first-order valence-corrected chi connectivity index (χ1v) is 6.68. The summed E-state index contributed by atoms with van der Waals surface area (Å²) in [5, 5.41) is 5.40. The SMILES string of the molecule is Clc1ccc(CNCc2ccccc2Cl)c(Cl)c1. The second kappa shape index (κ2) is 6.44. The summed E-state index contributed by atoms with van der Waals surface area (Å²) in [6.07, 6.45) is 0. The molecule has 1 N–H and O–H groups in total. The summed E-state index contributed by atoms with van der Waals surface area (Å²) in [5.74, 6) is 0. The van der Waals surface area contributed by atoms with Gasteiger partial charge in [0.15, 0.2) is 0 Å². The lowest BCUT2D eigenvalue weighted by Gasteiger charge is -2.08. The molecule has 4 heteroatoms. The van der Waals surface area contributed by atoms with Crippen molar-refractivity contribution in [3.63, 3.8) is 0 Å². The maximum absolute atomic E-state index is 6.09. The molecular formula is C14H12Cl3N. The van der Waals surface area contributed by atoms with Crippen molar-refractivity contribution in [2.75, 3.05) is 0 Å². The van der Waals surface area contributed by atoms with Gasteiger partial charge < -0.3 is 5.32 Å². The summed E-state index contributed by atoms with van der Waals surface area (Å²) >= 11 is 18.0. The fourth-order valence-electron chi connectivity index (χ4n) is 1.64. The lowest BCUT2D eigenvalue weighted by molar-refractivity contribution is 0.693. The zero-order valence-electron chi connectivity index (χ0n) is 9.59. The highest BCUT2D eigenvalue weighted by Gasteiger charge is 2.02. The maximum Gasteiger partial charge on any atom is 0.0465 e. The zero-order valence-corrected chi connectivity index (χ0v) is 11.9. The Labute approximate surface area is 122 Å². The van der Waals surface area contributed by atoms with E-state index in [4.69, 9.17) is 34.8 Å². The topological polar surface area (TPSA) is 12.0 Å². The van der Waals surface area contributed by atoms with Crippen LogP contribution in [-0.2, 0) is 13.1 Å². The fourth-order valence-corrected chi connectivity index (χ4v) is 2.32. The second-order valence-corrected chi connectivity index (χ2v) is 5.18. The van der Waals surface area contributed by atoms with Gasteiger partial charge in [0.1, 0.15) is 0 Å². The summed E-state index contributed by atoms with van der Waals surface area (Å²) in [4.78, 5) is 0. The van der Waals surface area contributed by atoms with Gasteiger partial charge in [0.05, 0.1) is 0 Å². The third kappa shape index (κ3) is 3.63. The van der Waals surface area contributed by atoms with Gasteiger partial charge in [0, 0.05) is 28.2 Å².